The van der Waals surface area contributed by atoms with Crippen molar-refractivity contribution in [1.82, 2.24) is 0 Å². The van der Waals surface area contributed by atoms with Gasteiger partial charge in [0.2, 0.25) is 0 Å². The van der Waals surface area contributed by atoms with Crippen molar-refractivity contribution >= 4 is 46.4 Å². The molecule has 1 unspecified atom stereocenters. The number of oxime groups is 1. The van der Waals surface area contributed by atoms with E-state index in [-0.39, 0.29) is 11.9 Å². The first-order chi connectivity index (χ1) is 15.1. The Morgan fingerprint density at radius 2 is 1.94 bits per heavy atom. The monoisotopic (exact) mass is 471 g/mol. The van der Waals surface area contributed by atoms with Crippen molar-refractivity contribution < 1.29 is 14.7 Å². The van der Waals surface area contributed by atoms with Crippen molar-refractivity contribution in [1.29, 1.82) is 0 Å². The summed E-state index contributed by atoms with van der Waals surface area (Å²) < 4.78 is 6.33. The third kappa shape index (κ3) is 4.81. The molecule has 0 amide bonds. The van der Waals surface area contributed by atoms with Crippen LogP contribution in [0.2, 0.25) is 5.02 Å². The first-order valence-corrected chi connectivity index (χ1v) is 12.2. The van der Waals surface area contributed by atoms with Crippen LogP contribution in [0.3, 0.4) is 0 Å². The minimum absolute atomic E-state index is 0.102. The number of fused-ring (bicyclic) bond motifs is 1. The largest absolute Gasteiger partial charge is 0.462 e. The molecule has 0 aliphatic heterocycles. The number of thiophene rings is 1. The summed E-state index contributed by atoms with van der Waals surface area (Å²) in [4.78, 5) is 13.4. The van der Waals surface area contributed by atoms with Crippen molar-refractivity contribution in [3.05, 3.63) is 86.8 Å². The molecule has 0 bridgehead atoms. The molecule has 1 aliphatic carbocycles. The number of thioether (sulfide) groups is 1. The number of halogens is 1. The number of rotatable bonds is 6. The fourth-order valence-electron chi connectivity index (χ4n) is 3.83. The van der Waals surface area contributed by atoms with E-state index in [1.807, 2.05) is 42.5 Å². The molecule has 4 nitrogen and oxygen atoms in total. The number of carbonyl (C=O) groups excluding carboxylic acids is 1. The third-order valence-corrected chi connectivity index (χ3v) is 8.10. The number of ether oxygens (including phenoxy) is 1. The van der Waals surface area contributed by atoms with E-state index in [0.717, 1.165) is 26.7 Å². The number of benzene rings is 2. The lowest BCUT2D eigenvalue weighted by molar-refractivity contribution is 0.0530. The topological polar surface area (TPSA) is 58.9 Å². The van der Waals surface area contributed by atoms with E-state index >= 15 is 0 Å². The molecule has 160 valence electrons. The van der Waals surface area contributed by atoms with Crippen molar-refractivity contribution in [2.45, 2.75) is 35.6 Å². The fourth-order valence-corrected chi connectivity index (χ4v) is 6.47. The molecule has 0 fully saturated rings. The molecular formula is C24H22ClNO3S2. The van der Waals surface area contributed by atoms with E-state index in [0.29, 0.717) is 35.1 Å². The molecular weight excluding hydrogens is 450 g/mol. The molecule has 3 aromatic rings. The van der Waals surface area contributed by atoms with Gasteiger partial charge in [-0.25, -0.2) is 4.79 Å². The second-order valence-electron chi connectivity index (χ2n) is 7.27. The van der Waals surface area contributed by atoms with Crippen LogP contribution in [0.5, 0.6) is 0 Å². The lowest BCUT2D eigenvalue weighted by atomic mass is 9.80. The lowest BCUT2D eigenvalue weighted by Crippen LogP contribution is -2.21. The van der Waals surface area contributed by atoms with Crippen LogP contribution in [0.15, 0.2) is 64.0 Å². The third-order valence-electron chi connectivity index (χ3n) is 5.29. The zero-order valence-electron chi connectivity index (χ0n) is 17.0. The highest BCUT2D eigenvalue weighted by Gasteiger charge is 2.34. The Bertz CT molecular complexity index is 1090. The van der Waals surface area contributed by atoms with Crippen LogP contribution < -0.4 is 0 Å². The first-order valence-electron chi connectivity index (χ1n) is 10.1. The van der Waals surface area contributed by atoms with Gasteiger partial charge in [-0.3, -0.25) is 0 Å². The Kier molecular flexibility index (Phi) is 7.00. The molecule has 1 N–H and O–H groups in total. The van der Waals surface area contributed by atoms with E-state index in [9.17, 15) is 10.0 Å². The van der Waals surface area contributed by atoms with E-state index in [2.05, 4.69) is 17.3 Å². The maximum Gasteiger partial charge on any atom is 0.348 e. The van der Waals surface area contributed by atoms with Crippen molar-refractivity contribution in [2.75, 3.05) is 6.61 Å². The highest BCUT2D eigenvalue weighted by Crippen LogP contribution is 2.45. The van der Waals surface area contributed by atoms with Crippen LogP contribution in [0, 0.1) is 0 Å². The highest BCUT2D eigenvalue weighted by molar-refractivity contribution is 8.00. The second-order valence-corrected chi connectivity index (χ2v) is 9.97. The summed E-state index contributed by atoms with van der Waals surface area (Å²) in [5.41, 5.74) is 4.73. The quantitative estimate of drug-likeness (QED) is 0.186. The molecule has 7 heteroatoms. The molecule has 1 aliphatic rings. The maximum atomic E-state index is 12.7. The van der Waals surface area contributed by atoms with E-state index in [1.54, 1.807) is 18.7 Å². The molecule has 0 saturated heterocycles. The molecule has 1 atom stereocenters. The molecule has 0 spiro atoms. The van der Waals surface area contributed by atoms with E-state index in [1.165, 1.54) is 16.9 Å². The Hall–Kier alpha value is -2.28. The lowest BCUT2D eigenvalue weighted by Gasteiger charge is -2.25. The van der Waals surface area contributed by atoms with Crippen molar-refractivity contribution in [3.8, 4) is 0 Å². The molecule has 4 rings (SSSR count). The smallest absolute Gasteiger partial charge is 0.348 e. The Morgan fingerprint density at radius 1 is 1.19 bits per heavy atom. The van der Waals surface area contributed by atoms with E-state index in [4.69, 9.17) is 16.3 Å². The van der Waals surface area contributed by atoms with Gasteiger partial charge in [0.05, 0.1) is 16.5 Å². The minimum Gasteiger partial charge on any atom is -0.462 e. The summed E-state index contributed by atoms with van der Waals surface area (Å²) in [6.45, 7) is 2.12. The number of hydrogen-bond donors (Lipinski definition) is 1. The highest BCUT2D eigenvalue weighted by atomic mass is 35.5. The predicted octanol–water partition coefficient (Wildman–Crippen LogP) is 6.78. The van der Waals surface area contributed by atoms with Crippen LogP contribution in [-0.2, 0) is 16.9 Å². The van der Waals surface area contributed by atoms with Crippen LogP contribution in [0.4, 0.5) is 0 Å². The Morgan fingerprint density at radius 3 is 2.61 bits per heavy atom. The molecule has 31 heavy (non-hydrogen) atoms. The Balaban J connectivity index is 1.72. The van der Waals surface area contributed by atoms with Gasteiger partial charge in [0.1, 0.15) is 4.88 Å². The van der Waals surface area contributed by atoms with Crippen molar-refractivity contribution in [2.24, 2.45) is 5.16 Å². The van der Waals surface area contributed by atoms with Crippen LogP contribution in [0.1, 0.15) is 51.2 Å². The predicted molar refractivity (Wildman–Crippen MR) is 127 cm³/mol. The van der Waals surface area contributed by atoms with Gasteiger partial charge in [-0.15, -0.1) is 23.1 Å². The normalized spacial score (nSPS) is 16.8. The molecule has 0 radical (unpaired) electrons. The summed E-state index contributed by atoms with van der Waals surface area (Å²) in [6, 6.07) is 17.9. The number of hydrogen-bond acceptors (Lipinski definition) is 6. The molecule has 1 aromatic heterocycles. The van der Waals surface area contributed by atoms with Crippen LogP contribution >= 0.6 is 34.7 Å². The van der Waals surface area contributed by atoms with Gasteiger partial charge in [0.15, 0.2) is 0 Å². The molecule has 1 heterocycles. The Labute approximate surface area is 194 Å². The minimum atomic E-state index is -0.315. The summed E-state index contributed by atoms with van der Waals surface area (Å²) in [6.07, 6.45) is 1.29. The van der Waals surface area contributed by atoms with Crippen LogP contribution in [0.25, 0.3) is 0 Å². The van der Waals surface area contributed by atoms with Crippen molar-refractivity contribution in [3.63, 3.8) is 0 Å². The van der Waals surface area contributed by atoms with Crippen LogP contribution in [-0.4, -0.2) is 23.5 Å². The fraction of sp³-hybridized carbons (Fsp3) is 0.250. The average Bonchev–Trinajstić information content (AvgIpc) is 3.17. The van der Waals surface area contributed by atoms with Gasteiger partial charge >= 0.3 is 5.97 Å². The maximum absolute atomic E-state index is 12.7. The average molecular weight is 472 g/mol. The number of nitrogens with zero attached hydrogens (tertiary/aromatic N) is 1. The van der Waals surface area contributed by atoms with E-state index < -0.39 is 0 Å². The standard InChI is InChI=1S/C24H22ClNO3S2/c1-2-29-23(27)22-19-12-17(16-8-10-18(25)11-9-16)13-20(26-28)21(19)24(31-22)30-14-15-6-4-3-5-7-15/h3-11,17,28H,2,12-14H2,1H3/b26-20+. The van der Waals surface area contributed by atoms with Gasteiger partial charge in [0, 0.05) is 22.8 Å². The zero-order chi connectivity index (χ0) is 21.8. The van der Waals surface area contributed by atoms with Gasteiger partial charge in [-0.1, -0.05) is 59.2 Å². The zero-order valence-corrected chi connectivity index (χ0v) is 19.4. The SMILES string of the molecule is CCOC(=O)c1sc(SCc2ccccc2)c2c1CC(c1ccc(Cl)cc1)C/C2=N\O. The van der Waals surface area contributed by atoms with Gasteiger partial charge in [-0.05, 0) is 48.1 Å². The van der Waals surface area contributed by atoms with Gasteiger partial charge < -0.3 is 9.94 Å². The summed E-state index contributed by atoms with van der Waals surface area (Å²) >= 11 is 9.15. The summed E-state index contributed by atoms with van der Waals surface area (Å²) in [5, 5.41) is 14.2. The van der Waals surface area contributed by atoms with Gasteiger partial charge in [-0.2, -0.15) is 0 Å². The number of carbonyl (C=O) groups is 1. The molecule has 2 aromatic carbocycles. The molecule has 0 saturated carbocycles. The first kappa shape index (κ1) is 21.9. The number of esters is 1. The van der Waals surface area contributed by atoms with Gasteiger partial charge in [0.25, 0.3) is 0 Å². The summed E-state index contributed by atoms with van der Waals surface area (Å²) in [7, 11) is 0. The summed E-state index contributed by atoms with van der Waals surface area (Å²) in [5.74, 6) is 0.560. The second kappa shape index (κ2) is 9.90.